The molecule has 2 atom stereocenters. The molecule has 3 rings (SSSR count). The molecule has 7 heteroatoms. The summed E-state index contributed by atoms with van der Waals surface area (Å²) in [6.07, 6.45) is -3.10. The van der Waals surface area contributed by atoms with Crippen LogP contribution in [0, 0.1) is 5.92 Å². The fourth-order valence-corrected chi connectivity index (χ4v) is 2.86. The SMILES string of the molecule is CC1CN(Cc2ccc(-n3ccc(C(F)(F)F)n3)cc2)CC1N. The molecule has 124 valence electrons. The van der Waals surface area contributed by atoms with Gasteiger partial charge in [0, 0.05) is 31.9 Å². The molecule has 2 heterocycles. The van der Waals surface area contributed by atoms with Gasteiger partial charge in [0.05, 0.1) is 5.69 Å². The van der Waals surface area contributed by atoms with E-state index in [0.717, 1.165) is 31.3 Å². The maximum Gasteiger partial charge on any atom is 0.435 e. The van der Waals surface area contributed by atoms with Gasteiger partial charge >= 0.3 is 6.18 Å². The first-order valence-electron chi connectivity index (χ1n) is 7.53. The zero-order chi connectivity index (χ0) is 16.6. The molecule has 0 radical (unpaired) electrons. The van der Waals surface area contributed by atoms with E-state index in [1.54, 1.807) is 12.1 Å². The second-order valence-corrected chi connectivity index (χ2v) is 6.14. The van der Waals surface area contributed by atoms with Gasteiger partial charge in [-0.25, -0.2) is 4.68 Å². The van der Waals surface area contributed by atoms with E-state index >= 15 is 0 Å². The smallest absolute Gasteiger partial charge is 0.326 e. The van der Waals surface area contributed by atoms with Gasteiger partial charge in [0.15, 0.2) is 5.69 Å². The highest BCUT2D eigenvalue weighted by Gasteiger charge is 2.33. The largest absolute Gasteiger partial charge is 0.435 e. The van der Waals surface area contributed by atoms with Crippen LogP contribution in [0.2, 0.25) is 0 Å². The minimum atomic E-state index is -4.42. The first kappa shape index (κ1) is 16.0. The third-order valence-corrected chi connectivity index (χ3v) is 4.23. The molecule has 4 nitrogen and oxygen atoms in total. The summed E-state index contributed by atoms with van der Waals surface area (Å²) in [6, 6.07) is 8.57. The fourth-order valence-electron chi connectivity index (χ4n) is 2.86. The summed E-state index contributed by atoms with van der Waals surface area (Å²) in [4.78, 5) is 2.29. The van der Waals surface area contributed by atoms with Gasteiger partial charge < -0.3 is 5.73 Å². The number of halogens is 3. The lowest BCUT2D eigenvalue weighted by Crippen LogP contribution is -2.28. The van der Waals surface area contributed by atoms with Crippen molar-refractivity contribution in [2.75, 3.05) is 13.1 Å². The Morgan fingerprint density at radius 3 is 2.39 bits per heavy atom. The molecule has 1 aromatic heterocycles. The Morgan fingerprint density at radius 1 is 1.17 bits per heavy atom. The van der Waals surface area contributed by atoms with Gasteiger partial charge in [-0.1, -0.05) is 19.1 Å². The van der Waals surface area contributed by atoms with Crippen LogP contribution >= 0.6 is 0 Å². The summed E-state index contributed by atoms with van der Waals surface area (Å²) in [6.45, 7) is 4.78. The Hall–Kier alpha value is -1.86. The molecule has 1 fully saturated rings. The molecule has 2 unspecified atom stereocenters. The number of hydrogen-bond donors (Lipinski definition) is 1. The Morgan fingerprint density at radius 2 is 1.87 bits per heavy atom. The molecule has 1 saturated heterocycles. The van der Waals surface area contributed by atoms with E-state index in [4.69, 9.17) is 5.73 Å². The molecule has 0 amide bonds. The summed E-state index contributed by atoms with van der Waals surface area (Å²) < 4.78 is 39.0. The number of likely N-dealkylation sites (tertiary alicyclic amines) is 1. The maximum absolute atomic E-state index is 12.6. The number of hydrogen-bond acceptors (Lipinski definition) is 3. The van der Waals surface area contributed by atoms with Crippen molar-refractivity contribution in [1.29, 1.82) is 0 Å². The van der Waals surface area contributed by atoms with Gasteiger partial charge in [-0.15, -0.1) is 0 Å². The summed E-state index contributed by atoms with van der Waals surface area (Å²) in [5.41, 5.74) is 6.84. The second kappa shape index (κ2) is 5.98. The molecule has 0 aliphatic carbocycles. The molecule has 1 aliphatic rings. The Bertz CT molecular complexity index is 653. The Labute approximate surface area is 132 Å². The monoisotopic (exact) mass is 324 g/mol. The van der Waals surface area contributed by atoms with Crippen molar-refractivity contribution in [3.05, 3.63) is 47.8 Å². The second-order valence-electron chi connectivity index (χ2n) is 6.14. The van der Waals surface area contributed by atoms with E-state index in [-0.39, 0.29) is 6.04 Å². The lowest BCUT2D eigenvalue weighted by atomic mass is 10.1. The van der Waals surface area contributed by atoms with E-state index in [1.807, 2.05) is 12.1 Å². The molecule has 23 heavy (non-hydrogen) atoms. The van der Waals surface area contributed by atoms with E-state index in [2.05, 4.69) is 16.9 Å². The van der Waals surface area contributed by atoms with Crippen molar-refractivity contribution in [1.82, 2.24) is 14.7 Å². The molecular weight excluding hydrogens is 305 g/mol. The number of rotatable bonds is 3. The van der Waals surface area contributed by atoms with Crippen LogP contribution in [0.4, 0.5) is 13.2 Å². The van der Waals surface area contributed by atoms with Crippen LogP contribution in [0.25, 0.3) is 5.69 Å². The Balaban J connectivity index is 1.69. The predicted molar refractivity (Wildman–Crippen MR) is 81.0 cm³/mol. The molecule has 0 saturated carbocycles. The number of nitrogens with two attached hydrogens (primary N) is 1. The summed E-state index contributed by atoms with van der Waals surface area (Å²) in [5.74, 6) is 0.485. The van der Waals surface area contributed by atoms with Crippen molar-refractivity contribution < 1.29 is 13.2 Å². The third-order valence-electron chi connectivity index (χ3n) is 4.23. The predicted octanol–water partition coefficient (Wildman–Crippen LogP) is 2.67. The minimum absolute atomic E-state index is 0.208. The third kappa shape index (κ3) is 3.56. The summed E-state index contributed by atoms with van der Waals surface area (Å²) >= 11 is 0. The number of benzene rings is 1. The van der Waals surface area contributed by atoms with E-state index in [1.165, 1.54) is 10.9 Å². The van der Waals surface area contributed by atoms with Crippen molar-refractivity contribution in [3.63, 3.8) is 0 Å². The highest BCUT2D eigenvalue weighted by Crippen LogP contribution is 2.28. The normalized spacial score (nSPS) is 22.7. The molecule has 0 bridgehead atoms. The van der Waals surface area contributed by atoms with Gasteiger partial charge in [-0.2, -0.15) is 18.3 Å². The number of aromatic nitrogens is 2. The fraction of sp³-hybridized carbons (Fsp3) is 0.438. The quantitative estimate of drug-likeness (QED) is 0.944. The van der Waals surface area contributed by atoms with Gasteiger partial charge in [-0.05, 0) is 29.7 Å². The molecule has 1 aliphatic heterocycles. The highest BCUT2D eigenvalue weighted by molar-refractivity contribution is 5.34. The first-order chi connectivity index (χ1) is 10.8. The zero-order valence-corrected chi connectivity index (χ0v) is 12.8. The van der Waals surface area contributed by atoms with Crippen LogP contribution < -0.4 is 5.73 Å². The van der Waals surface area contributed by atoms with Gasteiger partial charge in [-0.3, -0.25) is 4.90 Å². The van der Waals surface area contributed by atoms with Crippen LogP contribution in [0.1, 0.15) is 18.2 Å². The average molecular weight is 324 g/mol. The van der Waals surface area contributed by atoms with E-state index in [9.17, 15) is 13.2 Å². The highest BCUT2D eigenvalue weighted by atomic mass is 19.4. The molecule has 2 N–H and O–H groups in total. The number of alkyl halides is 3. The topological polar surface area (TPSA) is 47.1 Å². The van der Waals surface area contributed by atoms with Crippen molar-refractivity contribution >= 4 is 0 Å². The van der Waals surface area contributed by atoms with Crippen molar-refractivity contribution in [2.24, 2.45) is 11.7 Å². The number of nitrogens with zero attached hydrogens (tertiary/aromatic N) is 3. The maximum atomic E-state index is 12.6. The lowest BCUT2D eigenvalue weighted by Gasteiger charge is -2.15. The molecule has 2 aromatic rings. The van der Waals surface area contributed by atoms with Crippen LogP contribution in [0.15, 0.2) is 36.5 Å². The molecular formula is C16H19F3N4. The standard InChI is InChI=1S/C16H19F3N4/c1-11-8-22(10-14(11)20)9-12-2-4-13(5-3-12)23-7-6-15(21-23)16(17,18)19/h2-7,11,14H,8-10,20H2,1H3. The Kier molecular flexibility index (Phi) is 4.16. The van der Waals surface area contributed by atoms with Crippen LogP contribution in [0.5, 0.6) is 0 Å². The lowest BCUT2D eigenvalue weighted by molar-refractivity contribution is -0.141. The van der Waals surface area contributed by atoms with Crippen LogP contribution in [-0.2, 0) is 12.7 Å². The summed E-state index contributed by atoms with van der Waals surface area (Å²) in [7, 11) is 0. The molecule has 1 aromatic carbocycles. The average Bonchev–Trinajstić information content (AvgIpc) is 3.07. The van der Waals surface area contributed by atoms with Gasteiger partial charge in [0.2, 0.25) is 0 Å². The first-order valence-corrected chi connectivity index (χ1v) is 7.53. The molecule has 0 spiro atoms. The van der Waals surface area contributed by atoms with Gasteiger partial charge in [0.25, 0.3) is 0 Å². The zero-order valence-electron chi connectivity index (χ0n) is 12.8. The van der Waals surface area contributed by atoms with E-state index < -0.39 is 11.9 Å². The van der Waals surface area contributed by atoms with Gasteiger partial charge in [0.1, 0.15) is 0 Å². The summed E-state index contributed by atoms with van der Waals surface area (Å²) in [5, 5.41) is 3.57. The van der Waals surface area contributed by atoms with Crippen molar-refractivity contribution in [2.45, 2.75) is 25.7 Å². The van der Waals surface area contributed by atoms with Crippen LogP contribution in [0.3, 0.4) is 0 Å². The van der Waals surface area contributed by atoms with Crippen LogP contribution in [-0.4, -0.2) is 33.8 Å². The van der Waals surface area contributed by atoms with E-state index in [0.29, 0.717) is 11.6 Å². The van der Waals surface area contributed by atoms with Crippen molar-refractivity contribution in [3.8, 4) is 5.69 Å². The minimum Gasteiger partial charge on any atom is -0.326 e.